The first-order valence-corrected chi connectivity index (χ1v) is 5.95. The van der Waals surface area contributed by atoms with Gasteiger partial charge < -0.3 is 5.32 Å². The maximum Gasteiger partial charge on any atom is 0.137 e. The lowest BCUT2D eigenvalue weighted by atomic mass is 10.2. The maximum atomic E-state index is 8.73. The molecule has 2 N–H and O–H groups in total. The molecule has 0 fully saturated rings. The number of H-pyrrole nitrogens is 1. The summed E-state index contributed by atoms with van der Waals surface area (Å²) >= 11 is 6.04. The van der Waals surface area contributed by atoms with E-state index in [0.717, 1.165) is 30.9 Å². The zero-order valence-electron chi connectivity index (χ0n) is 9.65. The first kappa shape index (κ1) is 12.4. The molecule has 0 spiro atoms. The summed E-state index contributed by atoms with van der Waals surface area (Å²) in [5, 5.41) is 19.1. The third-order valence-corrected chi connectivity index (χ3v) is 2.78. The Morgan fingerprint density at radius 2 is 2.33 bits per heavy atom. The molecule has 2 rings (SSSR count). The van der Waals surface area contributed by atoms with E-state index in [-0.39, 0.29) is 0 Å². The quantitative estimate of drug-likeness (QED) is 0.810. The number of hydrogen-bond acceptors (Lipinski definition) is 4. The molecule has 0 atom stereocenters. The van der Waals surface area contributed by atoms with Gasteiger partial charge in [-0.1, -0.05) is 11.6 Å². The minimum atomic E-state index is 0.562. The van der Waals surface area contributed by atoms with Crippen molar-refractivity contribution >= 4 is 17.3 Å². The maximum absolute atomic E-state index is 8.73. The van der Waals surface area contributed by atoms with Crippen molar-refractivity contribution in [2.24, 2.45) is 0 Å². The number of hydrogen-bond donors (Lipinski definition) is 2. The number of aryl methyl sites for hydroxylation is 1. The van der Waals surface area contributed by atoms with Crippen LogP contribution in [0.2, 0.25) is 5.02 Å². The van der Waals surface area contributed by atoms with Gasteiger partial charge in [-0.2, -0.15) is 10.4 Å². The largest absolute Gasteiger partial charge is 0.384 e. The van der Waals surface area contributed by atoms with Crippen molar-refractivity contribution in [3.8, 4) is 6.07 Å². The Morgan fingerprint density at radius 3 is 3.00 bits per heavy atom. The summed E-state index contributed by atoms with van der Waals surface area (Å²) < 4.78 is 0. The molecular formula is C12H12ClN5. The van der Waals surface area contributed by atoms with Crippen molar-refractivity contribution < 1.29 is 0 Å². The molecule has 1 aromatic carbocycles. The fourth-order valence-electron chi connectivity index (χ4n) is 1.56. The monoisotopic (exact) mass is 261 g/mol. The van der Waals surface area contributed by atoms with Gasteiger partial charge in [-0.25, -0.2) is 4.98 Å². The normalized spacial score (nSPS) is 10.0. The molecule has 1 aromatic heterocycles. The van der Waals surface area contributed by atoms with Gasteiger partial charge in [0.15, 0.2) is 0 Å². The molecule has 0 unspecified atom stereocenters. The van der Waals surface area contributed by atoms with Crippen molar-refractivity contribution in [1.29, 1.82) is 5.26 Å². The van der Waals surface area contributed by atoms with E-state index >= 15 is 0 Å². The molecule has 0 bridgehead atoms. The van der Waals surface area contributed by atoms with Gasteiger partial charge in [0.1, 0.15) is 12.2 Å². The standard InChI is InChI=1S/C12H12ClN5/c13-10-6-9(7-14)3-4-11(10)15-5-1-2-12-16-8-17-18-12/h3-4,6,8,15H,1-2,5H2,(H,16,17,18). The molecule has 0 radical (unpaired) electrons. The lowest BCUT2D eigenvalue weighted by Crippen LogP contribution is -2.04. The van der Waals surface area contributed by atoms with E-state index in [4.69, 9.17) is 16.9 Å². The van der Waals surface area contributed by atoms with Crippen molar-refractivity contribution in [2.45, 2.75) is 12.8 Å². The zero-order chi connectivity index (χ0) is 12.8. The Kier molecular flexibility index (Phi) is 4.15. The zero-order valence-corrected chi connectivity index (χ0v) is 10.4. The topological polar surface area (TPSA) is 77.4 Å². The molecule has 18 heavy (non-hydrogen) atoms. The van der Waals surface area contributed by atoms with Crippen LogP contribution in [0.1, 0.15) is 17.8 Å². The van der Waals surface area contributed by atoms with Gasteiger partial charge in [0.2, 0.25) is 0 Å². The predicted octanol–water partition coefficient (Wildman–Crippen LogP) is 2.37. The molecule has 2 aromatic rings. The molecule has 0 saturated carbocycles. The highest BCUT2D eigenvalue weighted by Gasteiger charge is 2.01. The van der Waals surface area contributed by atoms with Crippen molar-refractivity contribution in [3.05, 3.63) is 40.9 Å². The average Bonchev–Trinajstić information content (AvgIpc) is 2.89. The van der Waals surface area contributed by atoms with Crippen LogP contribution >= 0.6 is 11.6 Å². The SMILES string of the molecule is N#Cc1ccc(NCCCc2ncn[nH]2)c(Cl)c1. The van der Waals surface area contributed by atoms with Crippen LogP contribution in [-0.2, 0) is 6.42 Å². The molecule has 0 aliphatic heterocycles. The van der Waals surface area contributed by atoms with Gasteiger partial charge in [-0.05, 0) is 24.6 Å². The van der Waals surface area contributed by atoms with E-state index in [0.29, 0.717) is 10.6 Å². The average molecular weight is 262 g/mol. The Labute approximate surface area is 110 Å². The van der Waals surface area contributed by atoms with Crippen LogP contribution in [0.5, 0.6) is 0 Å². The second kappa shape index (κ2) is 6.03. The smallest absolute Gasteiger partial charge is 0.137 e. The molecule has 0 saturated heterocycles. The minimum absolute atomic E-state index is 0.562. The van der Waals surface area contributed by atoms with E-state index in [9.17, 15) is 0 Å². The summed E-state index contributed by atoms with van der Waals surface area (Å²) in [4.78, 5) is 4.04. The first-order valence-electron chi connectivity index (χ1n) is 5.57. The highest BCUT2D eigenvalue weighted by atomic mass is 35.5. The fraction of sp³-hybridized carbons (Fsp3) is 0.250. The molecule has 5 nitrogen and oxygen atoms in total. The van der Waals surface area contributed by atoms with Gasteiger partial charge in [0.25, 0.3) is 0 Å². The first-order chi connectivity index (χ1) is 8.79. The summed E-state index contributed by atoms with van der Waals surface area (Å²) in [6.07, 6.45) is 3.26. The Bertz CT molecular complexity index is 544. The number of halogens is 1. The molecule has 6 heteroatoms. The third kappa shape index (κ3) is 3.22. The van der Waals surface area contributed by atoms with Crippen LogP contribution in [0, 0.1) is 11.3 Å². The number of nitrogens with one attached hydrogen (secondary N) is 2. The lowest BCUT2D eigenvalue weighted by Gasteiger charge is -2.07. The highest BCUT2D eigenvalue weighted by molar-refractivity contribution is 6.33. The van der Waals surface area contributed by atoms with Crippen LogP contribution < -0.4 is 5.32 Å². The second-order valence-electron chi connectivity index (χ2n) is 3.77. The second-order valence-corrected chi connectivity index (χ2v) is 4.18. The van der Waals surface area contributed by atoms with Gasteiger partial charge in [0.05, 0.1) is 22.3 Å². The molecule has 0 aliphatic rings. The van der Waals surface area contributed by atoms with Crippen LogP contribution in [0.4, 0.5) is 5.69 Å². The van der Waals surface area contributed by atoms with Crippen LogP contribution in [-0.4, -0.2) is 21.7 Å². The van der Waals surface area contributed by atoms with Gasteiger partial charge in [-0.3, -0.25) is 5.10 Å². The van der Waals surface area contributed by atoms with Crippen molar-refractivity contribution in [1.82, 2.24) is 15.2 Å². The molecule has 0 amide bonds. The molecule has 1 heterocycles. The van der Waals surface area contributed by atoms with E-state index in [2.05, 4.69) is 20.5 Å². The highest BCUT2D eigenvalue weighted by Crippen LogP contribution is 2.22. The van der Waals surface area contributed by atoms with Gasteiger partial charge in [0, 0.05) is 13.0 Å². The Hall–Kier alpha value is -2.06. The number of anilines is 1. The van der Waals surface area contributed by atoms with Gasteiger partial charge >= 0.3 is 0 Å². The number of nitrogens with zero attached hydrogens (tertiary/aromatic N) is 3. The van der Waals surface area contributed by atoms with Crippen molar-refractivity contribution in [2.75, 3.05) is 11.9 Å². The van der Waals surface area contributed by atoms with Crippen LogP contribution in [0.15, 0.2) is 24.5 Å². The molecular weight excluding hydrogens is 250 g/mol. The summed E-state index contributed by atoms with van der Waals surface area (Å²) in [5.41, 5.74) is 1.40. The Morgan fingerprint density at radius 1 is 1.44 bits per heavy atom. The number of nitriles is 1. The number of aromatic amines is 1. The van der Waals surface area contributed by atoms with Crippen molar-refractivity contribution in [3.63, 3.8) is 0 Å². The lowest BCUT2D eigenvalue weighted by molar-refractivity contribution is 0.806. The number of rotatable bonds is 5. The van der Waals surface area contributed by atoms with E-state index < -0.39 is 0 Å². The summed E-state index contributed by atoms with van der Waals surface area (Å²) in [7, 11) is 0. The van der Waals surface area contributed by atoms with Crippen LogP contribution in [0.3, 0.4) is 0 Å². The summed E-state index contributed by atoms with van der Waals surface area (Å²) in [6, 6.07) is 7.26. The minimum Gasteiger partial charge on any atom is -0.384 e. The van der Waals surface area contributed by atoms with E-state index in [1.165, 1.54) is 6.33 Å². The Balaban J connectivity index is 1.82. The predicted molar refractivity (Wildman–Crippen MR) is 69.4 cm³/mol. The number of aromatic nitrogens is 3. The summed E-state index contributed by atoms with van der Waals surface area (Å²) in [5.74, 6) is 0.878. The van der Waals surface area contributed by atoms with E-state index in [1.54, 1.807) is 12.1 Å². The van der Waals surface area contributed by atoms with Gasteiger partial charge in [-0.15, -0.1) is 0 Å². The summed E-state index contributed by atoms with van der Waals surface area (Å²) in [6.45, 7) is 0.784. The van der Waals surface area contributed by atoms with Crippen LogP contribution in [0.25, 0.3) is 0 Å². The third-order valence-electron chi connectivity index (χ3n) is 2.47. The van der Waals surface area contributed by atoms with E-state index in [1.807, 2.05) is 12.1 Å². The number of benzene rings is 1. The molecule has 92 valence electrons. The fourth-order valence-corrected chi connectivity index (χ4v) is 1.81. The molecule has 0 aliphatic carbocycles.